The molecule has 0 aliphatic rings. The lowest BCUT2D eigenvalue weighted by Crippen LogP contribution is -2.26. The van der Waals surface area contributed by atoms with E-state index in [1.807, 2.05) is 0 Å². The Hall–Kier alpha value is -2.12. The lowest BCUT2D eigenvalue weighted by atomic mass is 10.2. The van der Waals surface area contributed by atoms with Gasteiger partial charge in [0.25, 0.3) is 0 Å². The van der Waals surface area contributed by atoms with Gasteiger partial charge >= 0.3 is 11.9 Å². The van der Waals surface area contributed by atoms with Crippen LogP contribution in [0.5, 0.6) is 0 Å². The summed E-state index contributed by atoms with van der Waals surface area (Å²) in [7, 11) is 2.70. The molecule has 2 N–H and O–H groups in total. The number of hydrogen-bond acceptors (Lipinski definition) is 6. The summed E-state index contributed by atoms with van der Waals surface area (Å²) >= 11 is 0. The van der Waals surface area contributed by atoms with Crippen LogP contribution >= 0.6 is 0 Å². The molecule has 0 aromatic carbocycles. The van der Waals surface area contributed by atoms with Gasteiger partial charge in [0.1, 0.15) is 0 Å². The van der Waals surface area contributed by atoms with Crippen molar-refractivity contribution in [3.8, 4) is 0 Å². The average molecular weight is 358 g/mol. The van der Waals surface area contributed by atoms with Crippen LogP contribution in [0.25, 0.3) is 0 Å². The third-order valence-corrected chi connectivity index (χ3v) is 3.52. The van der Waals surface area contributed by atoms with Gasteiger partial charge in [-0.3, -0.25) is 19.2 Å². The molecule has 0 heterocycles. The van der Waals surface area contributed by atoms with Gasteiger partial charge in [0.05, 0.1) is 14.2 Å². The third-order valence-electron chi connectivity index (χ3n) is 3.52. The van der Waals surface area contributed by atoms with Gasteiger partial charge in [-0.25, -0.2) is 0 Å². The molecule has 0 saturated heterocycles. The van der Waals surface area contributed by atoms with Gasteiger partial charge in [-0.2, -0.15) is 0 Å². The first-order valence-corrected chi connectivity index (χ1v) is 8.66. The molecule has 0 unspecified atom stereocenters. The van der Waals surface area contributed by atoms with Crippen LogP contribution in [0, 0.1) is 0 Å². The number of unbranched alkanes of at least 4 members (excludes halogenated alkanes) is 2. The predicted octanol–water partition coefficient (Wildman–Crippen LogP) is 1.08. The monoisotopic (exact) mass is 358 g/mol. The fraction of sp³-hybridized carbons (Fsp3) is 0.765. The minimum absolute atomic E-state index is 0.0936. The van der Waals surface area contributed by atoms with E-state index in [9.17, 15) is 19.2 Å². The SMILES string of the molecule is COC(=O)CCCCNC(=O)CCCC(=O)NCCCCC(=O)OC. The van der Waals surface area contributed by atoms with Crippen molar-refractivity contribution < 1.29 is 28.7 Å². The molecule has 0 aliphatic carbocycles. The molecule has 8 heteroatoms. The summed E-state index contributed by atoms with van der Waals surface area (Å²) in [5.41, 5.74) is 0. The second-order valence-electron chi connectivity index (χ2n) is 5.62. The molecule has 0 aliphatic heterocycles. The van der Waals surface area contributed by atoms with Gasteiger partial charge in [0.15, 0.2) is 0 Å². The van der Waals surface area contributed by atoms with E-state index in [1.165, 1.54) is 14.2 Å². The average Bonchev–Trinajstić information content (AvgIpc) is 2.60. The van der Waals surface area contributed by atoms with Gasteiger partial charge < -0.3 is 20.1 Å². The van der Waals surface area contributed by atoms with E-state index in [2.05, 4.69) is 20.1 Å². The zero-order valence-corrected chi connectivity index (χ0v) is 15.2. The Labute approximate surface area is 149 Å². The molecular weight excluding hydrogens is 328 g/mol. The highest BCUT2D eigenvalue weighted by Crippen LogP contribution is 1.99. The van der Waals surface area contributed by atoms with Crippen molar-refractivity contribution in [2.45, 2.75) is 57.8 Å². The van der Waals surface area contributed by atoms with Crippen molar-refractivity contribution >= 4 is 23.8 Å². The van der Waals surface area contributed by atoms with Crippen molar-refractivity contribution in [1.29, 1.82) is 0 Å². The zero-order chi connectivity index (χ0) is 18.9. The second kappa shape index (κ2) is 15.4. The lowest BCUT2D eigenvalue weighted by Gasteiger charge is -2.06. The Morgan fingerprint density at radius 1 is 0.600 bits per heavy atom. The number of carbonyl (C=O) groups is 4. The van der Waals surface area contributed by atoms with E-state index in [-0.39, 0.29) is 23.8 Å². The minimum atomic E-state index is -0.248. The molecule has 0 radical (unpaired) electrons. The van der Waals surface area contributed by atoms with Crippen molar-refractivity contribution in [3.63, 3.8) is 0 Å². The Kier molecular flexibility index (Phi) is 14.1. The molecular formula is C17H30N2O6. The first kappa shape index (κ1) is 22.9. The maximum atomic E-state index is 11.6. The molecule has 0 saturated carbocycles. The third kappa shape index (κ3) is 15.2. The fourth-order valence-electron chi connectivity index (χ4n) is 2.03. The number of nitrogens with one attached hydrogen (secondary N) is 2. The van der Waals surface area contributed by atoms with Gasteiger partial charge in [-0.1, -0.05) is 0 Å². The maximum absolute atomic E-state index is 11.6. The summed E-state index contributed by atoms with van der Waals surface area (Å²) in [5, 5.41) is 5.52. The van der Waals surface area contributed by atoms with Crippen LogP contribution in [-0.4, -0.2) is 51.1 Å². The minimum Gasteiger partial charge on any atom is -0.469 e. The van der Waals surface area contributed by atoms with Gasteiger partial charge in [-0.05, 0) is 32.1 Å². The Balaban J connectivity index is 3.46. The molecule has 8 nitrogen and oxygen atoms in total. The highest BCUT2D eigenvalue weighted by Gasteiger charge is 2.06. The van der Waals surface area contributed by atoms with E-state index in [4.69, 9.17) is 0 Å². The van der Waals surface area contributed by atoms with Gasteiger partial charge in [0, 0.05) is 38.8 Å². The molecule has 0 spiro atoms. The maximum Gasteiger partial charge on any atom is 0.305 e. The van der Waals surface area contributed by atoms with Gasteiger partial charge in [0.2, 0.25) is 11.8 Å². The van der Waals surface area contributed by atoms with Crippen LogP contribution in [-0.2, 0) is 28.7 Å². The van der Waals surface area contributed by atoms with E-state index in [0.29, 0.717) is 70.9 Å². The highest BCUT2D eigenvalue weighted by molar-refractivity contribution is 5.78. The molecule has 144 valence electrons. The van der Waals surface area contributed by atoms with Crippen molar-refractivity contribution in [2.24, 2.45) is 0 Å². The zero-order valence-electron chi connectivity index (χ0n) is 15.2. The Bertz CT molecular complexity index is 387. The van der Waals surface area contributed by atoms with Crippen molar-refractivity contribution in [1.82, 2.24) is 10.6 Å². The number of rotatable bonds is 14. The van der Waals surface area contributed by atoms with E-state index >= 15 is 0 Å². The molecule has 0 fully saturated rings. The second-order valence-corrected chi connectivity index (χ2v) is 5.62. The largest absolute Gasteiger partial charge is 0.469 e. The number of carbonyl (C=O) groups excluding carboxylic acids is 4. The number of esters is 2. The van der Waals surface area contributed by atoms with Crippen LogP contribution in [0.4, 0.5) is 0 Å². The summed E-state index contributed by atoms with van der Waals surface area (Å²) in [6.45, 7) is 1.03. The van der Waals surface area contributed by atoms with Crippen LogP contribution in [0.1, 0.15) is 57.8 Å². The smallest absolute Gasteiger partial charge is 0.305 e. The lowest BCUT2D eigenvalue weighted by molar-refractivity contribution is -0.141. The molecule has 0 aromatic rings. The summed E-state index contributed by atoms with van der Waals surface area (Å²) in [4.78, 5) is 45.0. The topological polar surface area (TPSA) is 111 Å². The van der Waals surface area contributed by atoms with Crippen LogP contribution in [0.15, 0.2) is 0 Å². The standard InChI is InChI=1S/C17H30N2O6/c1-24-16(22)10-3-5-12-18-14(20)8-7-9-15(21)19-13-6-4-11-17(23)25-2/h3-13H2,1-2H3,(H,18,20)(H,19,21). The normalized spacial score (nSPS) is 10.0. The molecule has 0 rings (SSSR count). The van der Waals surface area contributed by atoms with Crippen LogP contribution in [0.3, 0.4) is 0 Å². The fourth-order valence-corrected chi connectivity index (χ4v) is 2.03. The number of ether oxygens (including phenoxy) is 2. The Morgan fingerprint density at radius 3 is 1.36 bits per heavy atom. The van der Waals surface area contributed by atoms with Gasteiger partial charge in [-0.15, -0.1) is 0 Å². The summed E-state index contributed by atoms with van der Waals surface area (Å²) in [6, 6.07) is 0. The molecule has 0 bridgehead atoms. The summed E-state index contributed by atoms with van der Waals surface area (Å²) in [6.07, 6.45) is 4.57. The molecule has 2 amide bonds. The Morgan fingerprint density at radius 2 is 1.00 bits per heavy atom. The first-order chi connectivity index (χ1) is 12.0. The summed E-state index contributed by atoms with van der Waals surface area (Å²) in [5.74, 6) is -0.682. The highest BCUT2D eigenvalue weighted by atomic mass is 16.5. The van der Waals surface area contributed by atoms with E-state index in [0.717, 1.165) is 0 Å². The van der Waals surface area contributed by atoms with E-state index < -0.39 is 0 Å². The molecule has 0 aromatic heterocycles. The van der Waals surface area contributed by atoms with E-state index in [1.54, 1.807) is 0 Å². The van der Waals surface area contributed by atoms with Crippen LogP contribution < -0.4 is 10.6 Å². The molecule has 0 atom stereocenters. The van der Waals surface area contributed by atoms with Crippen LogP contribution in [0.2, 0.25) is 0 Å². The number of amides is 2. The molecule has 25 heavy (non-hydrogen) atoms. The number of methoxy groups -OCH3 is 2. The van der Waals surface area contributed by atoms with Crippen molar-refractivity contribution in [3.05, 3.63) is 0 Å². The summed E-state index contributed by atoms with van der Waals surface area (Å²) < 4.78 is 9.05. The predicted molar refractivity (Wildman–Crippen MR) is 91.6 cm³/mol. The quantitative estimate of drug-likeness (QED) is 0.355. The van der Waals surface area contributed by atoms with Crippen molar-refractivity contribution in [2.75, 3.05) is 27.3 Å². The number of hydrogen-bond donors (Lipinski definition) is 2. The first-order valence-electron chi connectivity index (χ1n) is 8.66.